The van der Waals surface area contributed by atoms with Crippen molar-refractivity contribution >= 4 is 17.6 Å². The first kappa shape index (κ1) is 18.5. The van der Waals surface area contributed by atoms with Gasteiger partial charge in [0.1, 0.15) is 11.6 Å². The van der Waals surface area contributed by atoms with Gasteiger partial charge < -0.3 is 10.5 Å². The molecule has 2 aromatic carbocycles. The third kappa shape index (κ3) is 3.62. The molecule has 0 saturated heterocycles. The molecule has 1 aliphatic rings. The van der Waals surface area contributed by atoms with Gasteiger partial charge in [-0.3, -0.25) is 24.3 Å². The highest BCUT2D eigenvalue weighted by atomic mass is 16.5. The van der Waals surface area contributed by atoms with Crippen LogP contribution < -0.4 is 21.3 Å². The molecule has 146 valence electrons. The summed E-state index contributed by atoms with van der Waals surface area (Å²) in [6, 6.07) is 18.2. The van der Waals surface area contributed by atoms with Crippen LogP contribution in [0.15, 0.2) is 65.5 Å². The summed E-state index contributed by atoms with van der Waals surface area (Å²) >= 11 is 0. The number of hydrogen-bond donors (Lipinski definition) is 2. The van der Waals surface area contributed by atoms with Crippen molar-refractivity contribution in [3.05, 3.63) is 87.7 Å². The summed E-state index contributed by atoms with van der Waals surface area (Å²) in [4.78, 5) is 36.3. The molecule has 0 spiro atoms. The highest BCUT2D eigenvalue weighted by Gasteiger charge is 2.31. The van der Waals surface area contributed by atoms with Crippen molar-refractivity contribution in [1.82, 2.24) is 9.88 Å². The maximum Gasteiger partial charge on any atom is 0.262 e. The number of pyridine rings is 1. The Bertz CT molecular complexity index is 1150. The molecule has 0 aliphatic carbocycles. The SMILES string of the molecule is Nc1c2c(cc(=O)n1-c1cccc(OCCCc3ccccc3)c1)C(=O)NC2=O. The molecule has 7 nitrogen and oxygen atoms in total. The van der Waals surface area contributed by atoms with Gasteiger partial charge in [-0.2, -0.15) is 0 Å². The molecule has 0 fully saturated rings. The second kappa shape index (κ2) is 7.63. The van der Waals surface area contributed by atoms with Crippen molar-refractivity contribution in [1.29, 1.82) is 0 Å². The van der Waals surface area contributed by atoms with Crippen LogP contribution in [0.3, 0.4) is 0 Å². The zero-order valence-corrected chi connectivity index (χ0v) is 15.6. The van der Waals surface area contributed by atoms with Gasteiger partial charge in [0.15, 0.2) is 0 Å². The minimum atomic E-state index is -0.614. The van der Waals surface area contributed by atoms with Gasteiger partial charge in [-0.15, -0.1) is 0 Å². The van der Waals surface area contributed by atoms with Gasteiger partial charge in [0.05, 0.1) is 23.4 Å². The van der Waals surface area contributed by atoms with E-state index < -0.39 is 17.4 Å². The molecule has 0 unspecified atom stereocenters. The highest BCUT2D eigenvalue weighted by Crippen LogP contribution is 2.24. The molecule has 0 radical (unpaired) electrons. The number of imide groups is 1. The number of fused-ring (bicyclic) bond motifs is 1. The van der Waals surface area contributed by atoms with Crippen LogP contribution >= 0.6 is 0 Å². The van der Waals surface area contributed by atoms with E-state index in [0.29, 0.717) is 18.0 Å². The van der Waals surface area contributed by atoms with Crippen LogP contribution in [0.1, 0.15) is 32.7 Å². The van der Waals surface area contributed by atoms with Crippen molar-refractivity contribution in [3.63, 3.8) is 0 Å². The third-order valence-corrected chi connectivity index (χ3v) is 4.75. The van der Waals surface area contributed by atoms with Gasteiger partial charge in [0.25, 0.3) is 17.4 Å². The molecule has 2 heterocycles. The van der Waals surface area contributed by atoms with Crippen molar-refractivity contribution in [2.75, 3.05) is 12.3 Å². The van der Waals surface area contributed by atoms with E-state index in [4.69, 9.17) is 10.5 Å². The van der Waals surface area contributed by atoms with E-state index >= 15 is 0 Å². The molecule has 1 aliphatic heterocycles. The minimum Gasteiger partial charge on any atom is -0.494 e. The van der Waals surface area contributed by atoms with E-state index in [1.54, 1.807) is 24.3 Å². The number of nitrogens with one attached hydrogen (secondary N) is 1. The molecular formula is C22H19N3O4. The van der Waals surface area contributed by atoms with Gasteiger partial charge in [-0.25, -0.2) is 0 Å². The van der Waals surface area contributed by atoms with Gasteiger partial charge >= 0.3 is 0 Å². The number of nitrogens with zero attached hydrogens (tertiary/aromatic N) is 1. The molecule has 7 heteroatoms. The molecule has 0 atom stereocenters. The van der Waals surface area contributed by atoms with E-state index in [0.717, 1.165) is 18.9 Å². The predicted molar refractivity (Wildman–Crippen MR) is 109 cm³/mol. The lowest BCUT2D eigenvalue weighted by Gasteiger charge is -2.13. The number of anilines is 1. The second-order valence-electron chi connectivity index (χ2n) is 6.71. The third-order valence-electron chi connectivity index (χ3n) is 4.75. The van der Waals surface area contributed by atoms with Gasteiger partial charge in [0, 0.05) is 12.1 Å². The largest absolute Gasteiger partial charge is 0.494 e. The highest BCUT2D eigenvalue weighted by molar-refractivity contribution is 6.23. The van der Waals surface area contributed by atoms with E-state index in [1.165, 1.54) is 10.1 Å². The summed E-state index contributed by atoms with van der Waals surface area (Å²) in [7, 11) is 0. The molecule has 4 rings (SSSR count). The summed E-state index contributed by atoms with van der Waals surface area (Å²) in [6.45, 7) is 0.518. The average molecular weight is 389 g/mol. The number of nitrogen functional groups attached to an aromatic ring is 1. The topological polar surface area (TPSA) is 103 Å². The van der Waals surface area contributed by atoms with Crippen LogP contribution in [0.5, 0.6) is 5.75 Å². The monoisotopic (exact) mass is 389 g/mol. The normalized spacial score (nSPS) is 12.6. The zero-order chi connectivity index (χ0) is 20.4. The van der Waals surface area contributed by atoms with Gasteiger partial charge in [-0.05, 0) is 30.5 Å². The Kier molecular flexibility index (Phi) is 4.87. The van der Waals surface area contributed by atoms with Crippen molar-refractivity contribution in [3.8, 4) is 11.4 Å². The first-order valence-electron chi connectivity index (χ1n) is 9.23. The Labute approximate surface area is 166 Å². The summed E-state index contributed by atoms with van der Waals surface area (Å²) in [5, 5.41) is 2.15. The molecule has 2 amide bonds. The molecule has 0 saturated carbocycles. The average Bonchev–Trinajstić information content (AvgIpc) is 3.00. The Morgan fingerprint density at radius 3 is 2.52 bits per heavy atom. The lowest BCUT2D eigenvalue weighted by molar-refractivity contribution is 0.0880. The van der Waals surface area contributed by atoms with Crippen LogP contribution in [-0.2, 0) is 6.42 Å². The summed E-state index contributed by atoms with van der Waals surface area (Å²) in [6.07, 6.45) is 1.75. The first-order valence-corrected chi connectivity index (χ1v) is 9.23. The zero-order valence-electron chi connectivity index (χ0n) is 15.6. The van der Waals surface area contributed by atoms with Crippen molar-refractivity contribution in [2.24, 2.45) is 0 Å². The Balaban J connectivity index is 1.54. The van der Waals surface area contributed by atoms with Crippen LogP contribution in [-0.4, -0.2) is 23.0 Å². The van der Waals surface area contributed by atoms with Gasteiger partial charge in [0.2, 0.25) is 0 Å². The number of ether oxygens (including phenoxy) is 1. The summed E-state index contributed by atoms with van der Waals surface area (Å²) in [5.74, 6) is -0.707. The maximum absolute atomic E-state index is 12.5. The van der Waals surface area contributed by atoms with E-state index in [2.05, 4.69) is 17.4 Å². The number of benzene rings is 2. The first-order chi connectivity index (χ1) is 14.0. The van der Waals surface area contributed by atoms with Crippen LogP contribution in [0.4, 0.5) is 5.82 Å². The number of nitrogens with two attached hydrogens (primary N) is 1. The fourth-order valence-corrected chi connectivity index (χ4v) is 3.37. The maximum atomic E-state index is 12.5. The number of rotatable bonds is 6. The number of carbonyl (C=O) groups excluding carboxylic acids is 2. The lowest BCUT2D eigenvalue weighted by atomic mass is 10.1. The second-order valence-corrected chi connectivity index (χ2v) is 6.71. The van der Waals surface area contributed by atoms with E-state index in [-0.39, 0.29) is 16.9 Å². The Morgan fingerprint density at radius 1 is 0.931 bits per heavy atom. The fourth-order valence-electron chi connectivity index (χ4n) is 3.37. The van der Waals surface area contributed by atoms with Crippen LogP contribution in [0, 0.1) is 0 Å². The number of carbonyl (C=O) groups is 2. The predicted octanol–water partition coefficient (Wildman–Crippen LogP) is 2.31. The molecule has 1 aromatic heterocycles. The van der Waals surface area contributed by atoms with Crippen LogP contribution in [0.2, 0.25) is 0 Å². The molecular weight excluding hydrogens is 370 g/mol. The van der Waals surface area contributed by atoms with Crippen LogP contribution in [0.25, 0.3) is 5.69 Å². The molecule has 3 aromatic rings. The minimum absolute atomic E-state index is 0.00191. The Morgan fingerprint density at radius 2 is 1.72 bits per heavy atom. The van der Waals surface area contributed by atoms with E-state index in [1.807, 2.05) is 18.2 Å². The number of hydrogen-bond acceptors (Lipinski definition) is 5. The van der Waals surface area contributed by atoms with Gasteiger partial charge in [-0.1, -0.05) is 36.4 Å². The van der Waals surface area contributed by atoms with Crippen molar-refractivity contribution < 1.29 is 14.3 Å². The van der Waals surface area contributed by atoms with Crippen molar-refractivity contribution in [2.45, 2.75) is 12.8 Å². The smallest absolute Gasteiger partial charge is 0.262 e. The summed E-state index contributed by atoms with van der Waals surface area (Å²) < 4.78 is 7.01. The molecule has 0 bridgehead atoms. The Hall–Kier alpha value is -3.87. The fraction of sp³-hybridized carbons (Fsp3) is 0.136. The lowest BCUT2D eigenvalue weighted by Crippen LogP contribution is -2.24. The molecule has 29 heavy (non-hydrogen) atoms. The summed E-state index contributed by atoms with van der Waals surface area (Å²) in [5.41, 5.74) is 7.30. The number of aryl methyl sites for hydroxylation is 1. The quantitative estimate of drug-likeness (QED) is 0.497. The number of aromatic nitrogens is 1. The molecule has 3 N–H and O–H groups in total. The standard InChI is InChI=1S/C22H19N3O4/c23-20-19-17(21(27)24-22(19)28)13-18(26)25(20)15-9-4-10-16(12-15)29-11-5-8-14-6-2-1-3-7-14/h1-4,6-7,9-10,12-13H,5,8,11,23H2,(H,24,27,28). The van der Waals surface area contributed by atoms with E-state index in [9.17, 15) is 14.4 Å². The number of amides is 2.